The number of ether oxygens (including phenoxy) is 1. The van der Waals surface area contributed by atoms with Gasteiger partial charge in [-0.25, -0.2) is 0 Å². The average molecular weight is 356 g/mol. The molecule has 138 valence electrons. The molecular formula is C19H24N4O3. The molecule has 2 fully saturated rings. The van der Waals surface area contributed by atoms with E-state index in [1.54, 1.807) is 4.90 Å². The summed E-state index contributed by atoms with van der Waals surface area (Å²) in [6.07, 6.45) is 1.82. The average Bonchev–Trinajstić information content (AvgIpc) is 3.17. The van der Waals surface area contributed by atoms with E-state index in [0.717, 1.165) is 23.7 Å². The molecule has 0 saturated carbocycles. The lowest BCUT2D eigenvalue weighted by Gasteiger charge is -2.36. The first-order chi connectivity index (χ1) is 12.4. The lowest BCUT2D eigenvalue weighted by molar-refractivity contribution is -0.128. The van der Waals surface area contributed by atoms with E-state index < -0.39 is 0 Å². The number of anilines is 1. The van der Waals surface area contributed by atoms with Crippen LogP contribution >= 0.6 is 0 Å². The van der Waals surface area contributed by atoms with Gasteiger partial charge in [-0.1, -0.05) is 12.1 Å². The molecule has 2 saturated heterocycles. The van der Waals surface area contributed by atoms with Crippen molar-refractivity contribution in [2.75, 3.05) is 18.1 Å². The van der Waals surface area contributed by atoms with Gasteiger partial charge < -0.3 is 10.1 Å². The number of carbonyl (C=O) groups is 2. The van der Waals surface area contributed by atoms with Crippen molar-refractivity contribution >= 4 is 28.5 Å². The van der Waals surface area contributed by atoms with Gasteiger partial charge in [0.25, 0.3) is 0 Å². The van der Waals surface area contributed by atoms with E-state index in [1.165, 1.54) is 0 Å². The van der Waals surface area contributed by atoms with E-state index >= 15 is 0 Å². The minimum atomic E-state index is -0.344. The van der Waals surface area contributed by atoms with Crippen molar-refractivity contribution in [3.8, 4) is 0 Å². The zero-order valence-electron chi connectivity index (χ0n) is 15.1. The quantitative estimate of drug-likeness (QED) is 0.880. The number of para-hydroxylation sites is 1. The van der Waals surface area contributed by atoms with Gasteiger partial charge in [0, 0.05) is 31.0 Å². The Hall–Kier alpha value is -2.41. The SMILES string of the molecule is CC1(C)CC(NC(=O)C2CC(=O)N(c3n[nH]c4ccccc34)C2)CCO1. The molecule has 26 heavy (non-hydrogen) atoms. The van der Waals surface area contributed by atoms with Gasteiger partial charge in [-0.2, -0.15) is 5.10 Å². The molecule has 7 nitrogen and oxygen atoms in total. The second-order valence-electron chi connectivity index (χ2n) is 7.80. The summed E-state index contributed by atoms with van der Waals surface area (Å²) in [5, 5.41) is 11.2. The molecule has 2 unspecified atom stereocenters. The van der Waals surface area contributed by atoms with Crippen LogP contribution in [0, 0.1) is 5.92 Å². The monoisotopic (exact) mass is 356 g/mol. The van der Waals surface area contributed by atoms with E-state index in [-0.39, 0.29) is 35.8 Å². The number of nitrogens with one attached hydrogen (secondary N) is 2. The van der Waals surface area contributed by atoms with Crippen LogP contribution < -0.4 is 10.2 Å². The van der Waals surface area contributed by atoms with Crippen molar-refractivity contribution in [2.24, 2.45) is 5.92 Å². The second-order valence-corrected chi connectivity index (χ2v) is 7.80. The maximum atomic E-state index is 12.7. The lowest BCUT2D eigenvalue weighted by Crippen LogP contribution is -2.47. The van der Waals surface area contributed by atoms with Crippen molar-refractivity contribution in [2.45, 2.75) is 44.8 Å². The molecule has 0 radical (unpaired) electrons. The smallest absolute Gasteiger partial charge is 0.229 e. The molecule has 2 N–H and O–H groups in total. The molecule has 4 rings (SSSR count). The predicted octanol–water partition coefficient (Wildman–Crippen LogP) is 1.99. The Bertz CT molecular complexity index is 844. The van der Waals surface area contributed by atoms with Gasteiger partial charge >= 0.3 is 0 Å². The van der Waals surface area contributed by atoms with Crippen LogP contribution in [0.3, 0.4) is 0 Å². The Labute approximate surface area is 152 Å². The van der Waals surface area contributed by atoms with Crippen LogP contribution in [0.1, 0.15) is 33.1 Å². The number of amides is 2. The van der Waals surface area contributed by atoms with Crippen molar-refractivity contribution in [1.29, 1.82) is 0 Å². The summed E-state index contributed by atoms with van der Waals surface area (Å²) in [6.45, 7) is 5.09. The Kier molecular flexibility index (Phi) is 4.19. The summed E-state index contributed by atoms with van der Waals surface area (Å²) < 4.78 is 5.70. The van der Waals surface area contributed by atoms with E-state index in [4.69, 9.17) is 4.74 Å². The number of H-pyrrole nitrogens is 1. The van der Waals surface area contributed by atoms with Crippen LogP contribution in [0.5, 0.6) is 0 Å². The summed E-state index contributed by atoms with van der Waals surface area (Å²) in [4.78, 5) is 26.8. The van der Waals surface area contributed by atoms with Gasteiger partial charge in [0.15, 0.2) is 5.82 Å². The van der Waals surface area contributed by atoms with Gasteiger partial charge in [0.2, 0.25) is 11.8 Å². The third-order valence-electron chi connectivity index (χ3n) is 5.25. The standard InChI is InChI=1S/C19H24N4O3/c1-19(2)10-13(7-8-26-19)20-18(25)12-9-16(24)23(11-12)17-14-5-3-4-6-15(14)21-22-17/h3-6,12-13H,7-11H2,1-2H3,(H,20,25)(H,21,22). The van der Waals surface area contributed by atoms with Gasteiger partial charge in [-0.3, -0.25) is 19.6 Å². The number of aromatic amines is 1. The van der Waals surface area contributed by atoms with Gasteiger partial charge in [0.1, 0.15) is 0 Å². The van der Waals surface area contributed by atoms with Crippen molar-refractivity contribution in [1.82, 2.24) is 15.5 Å². The van der Waals surface area contributed by atoms with E-state index in [1.807, 2.05) is 38.1 Å². The highest BCUT2D eigenvalue weighted by Gasteiger charge is 2.38. The Balaban J connectivity index is 1.45. The Morgan fingerprint density at radius 3 is 3.00 bits per heavy atom. The minimum absolute atomic E-state index is 0.0524. The Morgan fingerprint density at radius 1 is 1.38 bits per heavy atom. The first-order valence-corrected chi connectivity index (χ1v) is 9.11. The molecule has 0 aliphatic carbocycles. The van der Waals surface area contributed by atoms with Crippen molar-refractivity contribution in [3.63, 3.8) is 0 Å². The Morgan fingerprint density at radius 2 is 2.19 bits per heavy atom. The summed E-state index contributed by atoms with van der Waals surface area (Å²) in [5.74, 6) is 0.148. The number of hydrogen-bond acceptors (Lipinski definition) is 4. The zero-order chi connectivity index (χ0) is 18.3. The minimum Gasteiger partial charge on any atom is -0.375 e. The van der Waals surface area contributed by atoms with Crippen LogP contribution in [0.4, 0.5) is 5.82 Å². The number of benzene rings is 1. The van der Waals surface area contributed by atoms with Crippen LogP contribution in [0.25, 0.3) is 10.9 Å². The maximum absolute atomic E-state index is 12.7. The largest absolute Gasteiger partial charge is 0.375 e. The molecule has 0 spiro atoms. The fraction of sp³-hybridized carbons (Fsp3) is 0.526. The normalized spacial score (nSPS) is 25.6. The molecule has 2 amide bonds. The number of carbonyl (C=O) groups excluding carboxylic acids is 2. The third-order valence-corrected chi connectivity index (χ3v) is 5.25. The van der Waals surface area contributed by atoms with Gasteiger partial charge in [-0.05, 0) is 38.8 Å². The highest BCUT2D eigenvalue weighted by molar-refractivity contribution is 6.05. The van der Waals surface area contributed by atoms with Crippen LogP contribution in [-0.2, 0) is 14.3 Å². The highest BCUT2D eigenvalue weighted by atomic mass is 16.5. The molecule has 2 aliphatic heterocycles. The fourth-order valence-electron chi connectivity index (χ4n) is 3.92. The summed E-state index contributed by atoms with van der Waals surface area (Å²) in [6, 6.07) is 7.78. The molecule has 1 aromatic heterocycles. The number of nitrogens with zero attached hydrogens (tertiary/aromatic N) is 2. The molecule has 0 bridgehead atoms. The number of fused-ring (bicyclic) bond motifs is 1. The molecule has 7 heteroatoms. The summed E-state index contributed by atoms with van der Waals surface area (Å²) >= 11 is 0. The summed E-state index contributed by atoms with van der Waals surface area (Å²) in [7, 11) is 0. The molecule has 2 atom stereocenters. The molecule has 2 aromatic rings. The van der Waals surface area contributed by atoms with Crippen molar-refractivity contribution < 1.29 is 14.3 Å². The molecular weight excluding hydrogens is 332 g/mol. The van der Waals surface area contributed by atoms with Crippen LogP contribution in [0.2, 0.25) is 0 Å². The second kappa shape index (κ2) is 6.39. The van der Waals surface area contributed by atoms with E-state index in [9.17, 15) is 9.59 Å². The molecule has 1 aromatic carbocycles. The fourth-order valence-corrected chi connectivity index (χ4v) is 3.92. The van der Waals surface area contributed by atoms with E-state index in [0.29, 0.717) is 19.0 Å². The number of aromatic nitrogens is 2. The zero-order valence-corrected chi connectivity index (χ0v) is 15.1. The highest BCUT2D eigenvalue weighted by Crippen LogP contribution is 2.30. The van der Waals surface area contributed by atoms with E-state index in [2.05, 4.69) is 15.5 Å². The van der Waals surface area contributed by atoms with Crippen LogP contribution in [-0.4, -0.2) is 46.8 Å². The van der Waals surface area contributed by atoms with Crippen molar-refractivity contribution in [3.05, 3.63) is 24.3 Å². The maximum Gasteiger partial charge on any atom is 0.229 e. The van der Waals surface area contributed by atoms with Gasteiger partial charge in [0.05, 0.1) is 17.0 Å². The topological polar surface area (TPSA) is 87.3 Å². The first-order valence-electron chi connectivity index (χ1n) is 9.11. The summed E-state index contributed by atoms with van der Waals surface area (Å²) in [5.41, 5.74) is 0.662. The predicted molar refractivity (Wildman–Crippen MR) is 97.7 cm³/mol. The number of rotatable bonds is 3. The molecule has 3 heterocycles. The first kappa shape index (κ1) is 17.0. The lowest BCUT2D eigenvalue weighted by atomic mass is 9.93. The third kappa shape index (κ3) is 3.19. The van der Waals surface area contributed by atoms with Gasteiger partial charge in [-0.15, -0.1) is 0 Å². The van der Waals surface area contributed by atoms with Crippen LogP contribution in [0.15, 0.2) is 24.3 Å². The number of hydrogen-bond donors (Lipinski definition) is 2. The molecule has 2 aliphatic rings.